The molecule has 0 aromatic carbocycles. The third-order valence-corrected chi connectivity index (χ3v) is 2.97. The molecule has 0 aliphatic carbocycles. The Kier molecular flexibility index (Phi) is 6.33. The normalized spacial score (nSPS) is 29.8. The molecule has 0 saturated carbocycles. The molecule has 0 bridgehead atoms. The molecule has 4 atom stereocenters. The van der Waals surface area contributed by atoms with E-state index in [4.69, 9.17) is 18.9 Å². The molecule has 2 heterocycles. The van der Waals surface area contributed by atoms with Gasteiger partial charge in [0.1, 0.15) is 0 Å². The molecule has 0 spiro atoms. The molecule has 0 amide bonds. The van der Waals surface area contributed by atoms with Crippen LogP contribution in [0.15, 0.2) is 0 Å². The largest absolute Gasteiger partial charge is 0.425 e. The number of hydrogen-bond donors (Lipinski definition) is 0. The first-order valence-electron chi connectivity index (χ1n) is 6.92. The highest BCUT2D eigenvalue weighted by atomic mass is 16.7. The van der Waals surface area contributed by atoms with Crippen LogP contribution in [0.2, 0.25) is 0 Å². The maximum atomic E-state index is 10.6. The second-order valence-corrected chi connectivity index (χ2v) is 5.30. The molecule has 0 N–H and O–H groups in total. The van der Waals surface area contributed by atoms with E-state index in [9.17, 15) is 19.2 Å². The van der Waals surface area contributed by atoms with Gasteiger partial charge in [-0.2, -0.15) is 0 Å². The van der Waals surface area contributed by atoms with Gasteiger partial charge in [0.25, 0.3) is 0 Å². The summed E-state index contributed by atoms with van der Waals surface area (Å²) in [5, 5.41) is 0. The molecular formula is C14H20O8. The van der Waals surface area contributed by atoms with Crippen molar-refractivity contribution in [1.29, 1.82) is 0 Å². The van der Waals surface area contributed by atoms with Crippen molar-refractivity contribution >= 4 is 23.9 Å². The zero-order valence-electron chi connectivity index (χ0n) is 13.0. The van der Waals surface area contributed by atoms with E-state index >= 15 is 0 Å². The number of carbonyl (C=O) groups excluding carboxylic acids is 4. The predicted molar refractivity (Wildman–Crippen MR) is 70.9 cm³/mol. The van der Waals surface area contributed by atoms with Crippen molar-refractivity contribution in [2.45, 2.75) is 53.1 Å². The summed E-state index contributed by atoms with van der Waals surface area (Å²) in [5.41, 5.74) is 0. The Labute approximate surface area is 128 Å². The van der Waals surface area contributed by atoms with Crippen molar-refractivity contribution in [2.24, 2.45) is 11.8 Å². The molecule has 8 heteroatoms. The minimum absolute atomic E-state index is 0.0219. The molecular weight excluding hydrogens is 296 g/mol. The minimum atomic E-state index is -0.667. The van der Waals surface area contributed by atoms with Crippen molar-refractivity contribution < 1.29 is 38.1 Å². The van der Waals surface area contributed by atoms with Crippen LogP contribution in [0.3, 0.4) is 0 Å². The first-order valence-corrected chi connectivity index (χ1v) is 6.92. The molecule has 0 unspecified atom stereocenters. The fourth-order valence-corrected chi connectivity index (χ4v) is 1.91. The molecule has 2 aliphatic heterocycles. The molecule has 0 aromatic heterocycles. The quantitative estimate of drug-likeness (QED) is 0.692. The average molecular weight is 316 g/mol. The van der Waals surface area contributed by atoms with Crippen molar-refractivity contribution in [3.05, 3.63) is 0 Å². The lowest BCUT2D eigenvalue weighted by molar-refractivity contribution is -0.180. The SMILES string of the molecule is CC(=O)O[C@@H]1OC(=O)C[C@@H]1C.CC(=O)O[C@H]1OC(=O)C[C@@H]1C. The van der Waals surface area contributed by atoms with Gasteiger partial charge >= 0.3 is 23.9 Å². The van der Waals surface area contributed by atoms with Gasteiger partial charge in [0.2, 0.25) is 12.6 Å². The molecule has 8 nitrogen and oxygen atoms in total. The third kappa shape index (κ3) is 5.71. The van der Waals surface area contributed by atoms with Crippen LogP contribution in [0.5, 0.6) is 0 Å². The number of hydrogen-bond acceptors (Lipinski definition) is 8. The summed E-state index contributed by atoms with van der Waals surface area (Å²) in [6.07, 6.45) is -0.671. The van der Waals surface area contributed by atoms with Crippen LogP contribution < -0.4 is 0 Å². The van der Waals surface area contributed by atoms with E-state index in [1.807, 2.05) is 0 Å². The van der Waals surface area contributed by atoms with E-state index in [1.54, 1.807) is 13.8 Å². The fraction of sp³-hybridized carbons (Fsp3) is 0.714. The zero-order valence-corrected chi connectivity index (χ0v) is 13.0. The highest BCUT2D eigenvalue weighted by Gasteiger charge is 2.34. The maximum absolute atomic E-state index is 10.6. The summed E-state index contributed by atoms with van der Waals surface area (Å²) in [4.78, 5) is 42.1. The zero-order chi connectivity index (χ0) is 16.9. The van der Waals surface area contributed by atoms with Gasteiger partial charge in [-0.05, 0) is 0 Å². The van der Waals surface area contributed by atoms with Crippen LogP contribution in [-0.2, 0) is 38.1 Å². The van der Waals surface area contributed by atoms with Gasteiger partial charge in [-0.25, -0.2) is 0 Å². The number of ether oxygens (including phenoxy) is 4. The fourth-order valence-electron chi connectivity index (χ4n) is 1.91. The lowest BCUT2D eigenvalue weighted by Gasteiger charge is -2.12. The van der Waals surface area contributed by atoms with Crippen molar-refractivity contribution in [1.82, 2.24) is 0 Å². The number of esters is 4. The Morgan fingerprint density at radius 3 is 1.36 bits per heavy atom. The second kappa shape index (κ2) is 7.77. The van der Waals surface area contributed by atoms with Crippen molar-refractivity contribution in [2.75, 3.05) is 0 Å². The minimum Gasteiger partial charge on any atom is -0.425 e. The third-order valence-electron chi connectivity index (χ3n) is 2.97. The van der Waals surface area contributed by atoms with Gasteiger partial charge < -0.3 is 18.9 Å². The van der Waals surface area contributed by atoms with Gasteiger partial charge in [-0.1, -0.05) is 13.8 Å². The van der Waals surface area contributed by atoms with Gasteiger partial charge in [0.05, 0.1) is 12.8 Å². The molecule has 2 rings (SSSR count). The van der Waals surface area contributed by atoms with Gasteiger partial charge in [0, 0.05) is 25.7 Å². The van der Waals surface area contributed by atoms with Crippen molar-refractivity contribution in [3.8, 4) is 0 Å². The summed E-state index contributed by atoms with van der Waals surface area (Å²) < 4.78 is 18.8. The molecule has 2 aliphatic rings. The van der Waals surface area contributed by atoms with Gasteiger partial charge in [0.15, 0.2) is 0 Å². The van der Waals surface area contributed by atoms with E-state index in [0.717, 1.165) is 0 Å². The lowest BCUT2D eigenvalue weighted by atomic mass is 10.1. The first kappa shape index (κ1) is 17.9. The van der Waals surface area contributed by atoms with Crippen molar-refractivity contribution in [3.63, 3.8) is 0 Å². The predicted octanol–water partition coefficient (Wildman–Crippen LogP) is 0.917. The van der Waals surface area contributed by atoms with Crippen LogP contribution in [0.1, 0.15) is 40.5 Å². The Morgan fingerprint density at radius 1 is 0.864 bits per heavy atom. The number of carbonyl (C=O) groups is 4. The Morgan fingerprint density at radius 2 is 1.18 bits per heavy atom. The van der Waals surface area contributed by atoms with E-state index in [-0.39, 0.29) is 23.8 Å². The highest BCUT2D eigenvalue weighted by molar-refractivity contribution is 5.73. The summed E-state index contributed by atoms with van der Waals surface area (Å²) in [7, 11) is 0. The summed E-state index contributed by atoms with van der Waals surface area (Å²) in [6, 6.07) is 0. The van der Waals surface area contributed by atoms with E-state index in [0.29, 0.717) is 12.8 Å². The molecule has 0 aromatic rings. The summed E-state index contributed by atoms with van der Waals surface area (Å²) in [5.74, 6) is -1.49. The highest BCUT2D eigenvalue weighted by Crippen LogP contribution is 2.22. The monoisotopic (exact) mass is 316 g/mol. The van der Waals surface area contributed by atoms with Gasteiger partial charge in [-0.3, -0.25) is 19.2 Å². The number of rotatable bonds is 2. The topological polar surface area (TPSA) is 105 Å². The molecule has 124 valence electrons. The van der Waals surface area contributed by atoms with E-state index in [1.165, 1.54) is 13.8 Å². The van der Waals surface area contributed by atoms with Crippen LogP contribution in [0.25, 0.3) is 0 Å². The average Bonchev–Trinajstić information content (AvgIpc) is 2.81. The number of cyclic esters (lactones) is 2. The smallest absolute Gasteiger partial charge is 0.309 e. The summed E-state index contributed by atoms with van der Waals surface area (Å²) in [6.45, 7) is 6.19. The Bertz CT molecular complexity index is 416. The van der Waals surface area contributed by atoms with Crippen LogP contribution in [-0.4, -0.2) is 36.5 Å². The molecule has 2 saturated heterocycles. The maximum Gasteiger partial charge on any atom is 0.309 e. The second-order valence-electron chi connectivity index (χ2n) is 5.30. The van der Waals surface area contributed by atoms with Crippen LogP contribution in [0.4, 0.5) is 0 Å². The lowest BCUT2D eigenvalue weighted by Crippen LogP contribution is -2.20. The molecule has 0 radical (unpaired) electrons. The Hall–Kier alpha value is -2.12. The van der Waals surface area contributed by atoms with Crippen LogP contribution in [0, 0.1) is 11.8 Å². The van der Waals surface area contributed by atoms with Crippen LogP contribution >= 0.6 is 0 Å². The molecule has 22 heavy (non-hydrogen) atoms. The standard InChI is InChI=1S/2C7H10O4/c2*1-4-3-6(9)11-7(4)10-5(2)8/h2*4,7H,3H2,1-2H3/t4-,7+;4-,7-/m00/s1. The van der Waals surface area contributed by atoms with E-state index < -0.39 is 24.5 Å². The first-order chi connectivity index (χ1) is 10.2. The van der Waals surface area contributed by atoms with Gasteiger partial charge in [-0.15, -0.1) is 0 Å². The summed E-state index contributed by atoms with van der Waals surface area (Å²) >= 11 is 0. The molecule has 2 fully saturated rings. The van der Waals surface area contributed by atoms with E-state index in [2.05, 4.69) is 0 Å². The Balaban J connectivity index is 0.000000220.